The molecule has 0 bridgehead atoms. The highest BCUT2D eigenvalue weighted by atomic mass is 19.1. The number of hydrogen-bond donors (Lipinski definition) is 2. The van der Waals surface area contributed by atoms with E-state index in [0.717, 1.165) is 19.3 Å². The van der Waals surface area contributed by atoms with Crippen LogP contribution in [0.3, 0.4) is 0 Å². The van der Waals surface area contributed by atoms with E-state index in [1.54, 1.807) is 35.1 Å². The highest BCUT2D eigenvalue weighted by Gasteiger charge is 2.28. The average Bonchev–Trinajstić information content (AvgIpc) is 3.67. The van der Waals surface area contributed by atoms with Crippen molar-refractivity contribution in [2.45, 2.75) is 25.3 Å². The predicted octanol–water partition coefficient (Wildman–Crippen LogP) is 4.58. The smallest absolute Gasteiger partial charge is 0.218 e. The second-order valence-electron chi connectivity index (χ2n) is 9.60. The van der Waals surface area contributed by atoms with Crippen molar-refractivity contribution in [3.05, 3.63) is 67.0 Å². The fourth-order valence-electron chi connectivity index (χ4n) is 5.27. The summed E-state index contributed by atoms with van der Waals surface area (Å²) in [7, 11) is 3.34. The molecule has 1 aliphatic carbocycles. The Morgan fingerprint density at radius 2 is 2.00 bits per heavy atom. The highest BCUT2D eigenvalue weighted by Crippen LogP contribution is 2.42. The molecule has 1 fully saturated rings. The SMILES string of the molecule is COc1cccc(-c2cn3nc(-c4nccn4C)nc(N[C@@H]4CC[C@@H](CO)C4)c3c2-c2ccccn2)c1F. The van der Waals surface area contributed by atoms with Crippen molar-refractivity contribution in [3.63, 3.8) is 0 Å². The molecule has 6 rings (SSSR count). The first-order valence-electron chi connectivity index (χ1n) is 12.6. The van der Waals surface area contributed by atoms with Gasteiger partial charge in [-0.25, -0.2) is 18.9 Å². The highest BCUT2D eigenvalue weighted by molar-refractivity contribution is 5.98. The lowest BCUT2D eigenvalue weighted by atomic mass is 10.00. The molecule has 0 amide bonds. The maximum Gasteiger partial charge on any atom is 0.218 e. The molecule has 0 saturated heterocycles. The van der Waals surface area contributed by atoms with Gasteiger partial charge in [-0.15, -0.1) is 5.10 Å². The summed E-state index contributed by atoms with van der Waals surface area (Å²) in [5.41, 5.74) is 3.06. The van der Waals surface area contributed by atoms with Crippen molar-refractivity contribution < 1.29 is 14.2 Å². The molecule has 1 aliphatic rings. The third kappa shape index (κ3) is 4.16. The number of imidazole rings is 1. The largest absolute Gasteiger partial charge is 0.494 e. The number of aliphatic hydroxyl groups excluding tert-OH is 1. The number of rotatable bonds is 7. The Kier molecular flexibility index (Phi) is 6.24. The quantitative estimate of drug-likeness (QED) is 0.328. The third-order valence-electron chi connectivity index (χ3n) is 7.19. The number of pyridine rings is 1. The summed E-state index contributed by atoms with van der Waals surface area (Å²) in [6, 6.07) is 10.8. The van der Waals surface area contributed by atoms with Crippen LogP contribution in [0.4, 0.5) is 10.2 Å². The van der Waals surface area contributed by atoms with Gasteiger partial charge in [0.05, 0.1) is 12.8 Å². The van der Waals surface area contributed by atoms with Crippen LogP contribution in [0, 0.1) is 11.7 Å². The summed E-state index contributed by atoms with van der Waals surface area (Å²) < 4.78 is 24.5. The van der Waals surface area contributed by atoms with E-state index in [1.807, 2.05) is 42.2 Å². The number of ether oxygens (including phenoxy) is 1. The van der Waals surface area contributed by atoms with Crippen LogP contribution in [-0.2, 0) is 7.05 Å². The molecule has 0 radical (unpaired) electrons. The Morgan fingerprint density at radius 3 is 2.71 bits per heavy atom. The maximum absolute atomic E-state index is 15.6. The molecule has 194 valence electrons. The molecule has 38 heavy (non-hydrogen) atoms. The Morgan fingerprint density at radius 1 is 1.11 bits per heavy atom. The van der Waals surface area contributed by atoms with Gasteiger partial charge in [0.2, 0.25) is 5.82 Å². The summed E-state index contributed by atoms with van der Waals surface area (Å²) in [6.45, 7) is 0.166. The van der Waals surface area contributed by atoms with Gasteiger partial charge in [0.1, 0.15) is 5.52 Å². The van der Waals surface area contributed by atoms with Crippen LogP contribution in [0.1, 0.15) is 19.3 Å². The summed E-state index contributed by atoms with van der Waals surface area (Å²) >= 11 is 0. The molecule has 4 aromatic heterocycles. The number of nitrogens with zero attached hydrogens (tertiary/aromatic N) is 6. The molecule has 10 heteroatoms. The van der Waals surface area contributed by atoms with Crippen LogP contribution in [-0.4, -0.2) is 54.0 Å². The first kappa shape index (κ1) is 24.1. The lowest BCUT2D eigenvalue weighted by Gasteiger charge is -2.16. The van der Waals surface area contributed by atoms with Gasteiger partial charge in [-0.05, 0) is 43.4 Å². The lowest BCUT2D eigenvalue weighted by Crippen LogP contribution is -2.19. The van der Waals surface area contributed by atoms with Crippen LogP contribution < -0.4 is 10.1 Å². The number of aliphatic hydroxyl groups is 1. The van der Waals surface area contributed by atoms with Gasteiger partial charge < -0.3 is 19.7 Å². The van der Waals surface area contributed by atoms with E-state index >= 15 is 4.39 Å². The number of aromatic nitrogens is 6. The molecule has 1 aromatic carbocycles. The number of anilines is 1. The van der Waals surface area contributed by atoms with Gasteiger partial charge in [0, 0.05) is 61.2 Å². The van der Waals surface area contributed by atoms with E-state index in [0.29, 0.717) is 45.4 Å². The summed E-state index contributed by atoms with van der Waals surface area (Å²) in [5, 5.41) is 18.1. The lowest BCUT2D eigenvalue weighted by molar-refractivity contribution is 0.229. The van der Waals surface area contributed by atoms with Crippen molar-refractivity contribution in [1.82, 2.24) is 29.1 Å². The number of methoxy groups -OCH3 is 1. The molecule has 9 nitrogen and oxygen atoms in total. The topological polar surface area (TPSA) is 102 Å². The number of nitrogens with one attached hydrogen (secondary N) is 1. The van der Waals surface area contributed by atoms with Crippen LogP contribution in [0.25, 0.3) is 39.5 Å². The van der Waals surface area contributed by atoms with E-state index in [-0.39, 0.29) is 24.3 Å². The maximum atomic E-state index is 15.6. The monoisotopic (exact) mass is 513 g/mol. The van der Waals surface area contributed by atoms with Gasteiger partial charge in [-0.2, -0.15) is 0 Å². The Bertz CT molecular complexity index is 1600. The summed E-state index contributed by atoms with van der Waals surface area (Å²) in [4.78, 5) is 14.0. The number of halogens is 1. The molecule has 5 aromatic rings. The molecule has 2 atom stereocenters. The fraction of sp³-hybridized carbons (Fsp3) is 0.286. The van der Waals surface area contributed by atoms with Crippen LogP contribution >= 0.6 is 0 Å². The van der Waals surface area contributed by atoms with Gasteiger partial charge in [-0.1, -0.05) is 18.2 Å². The van der Waals surface area contributed by atoms with Crippen molar-refractivity contribution in [2.24, 2.45) is 13.0 Å². The first-order valence-corrected chi connectivity index (χ1v) is 12.6. The number of fused-ring (bicyclic) bond motifs is 1. The zero-order valence-electron chi connectivity index (χ0n) is 21.2. The standard InChI is InChI=1S/C28H28FN7O2/c1-35-13-12-31-28(35)27-33-26(32-18-10-9-17(14-18)16-37)25-23(21-7-3-4-11-30-21)20(15-36(25)34-27)19-6-5-8-22(38-2)24(19)29/h3-8,11-13,15,17-18,37H,9-10,14,16H2,1-2H3,(H,32,33,34)/t17-,18-/m1/s1. The molecule has 0 spiro atoms. The van der Waals surface area contributed by atoms with Gasteiger partial charge in [-0.3, -0.25) is 4.98 Å². The second-order valence-corrected chi connectivity index (χ2v) is 9.60. The van der Waals surface area contributed by atoms with Gasteiger partial charge >= 0.3 is 0 Å². The van der Waals surface area contributed by atoms with E-state index in [9.17, 15) is 5.11 Å². The first-order chi connectivity index (χ1) is 18.6. The number of hydrogen-bond acceptors (Lipinski definition) is 7. The minimum absolute atomic E-state index is 0.128. The molecular formula is C28H28FN7O2. The Labute approximate surface area is 219 Å². The Hall–Kier alpha value is -4.31. The van der Waals surface area contributed by atoms with Gasteiger partial charge in [0.25, 0.3) is 0 Å². The van der Waals surface area contributed by atoms with Crippen molar-refractivity contribution in [2.75, 3.05) is 19.0 Å². The van der Waals surface area contributed by atoms with Crippen LogP contribution in [0.2, 0.25) is 0 Å². The number of aryl methyl sites for hydroxylation is 1. The zero-order chi connectivity index (χ0) is 26.2. The van der Waals surface area contributed by atoms with Crippen LogP contribution in [0.5, 0.6) is 5.75 Å². The Balaban J connectivity index is 1.63. The van der Waals surface area contributed by atoms with Crippen molar-refractivity contribution in [3.8, 4) is 39.8 Å². The normalized spacial score (nSPS) is 17.3. The van der Waals surface area contributed by atoms with E-state index in [2.05, 4.69) is 15.3 Å². The predicted molar refractivity (Wildman–Crippen MR) is 142 cm³/mol. The summed E-state index contributed by atoms with van der Waals surface area (Å²) in [6.07, 6.45) is 9.74. The minimum Gasteiger partial charge on any atom is -0.494 e. The van der Waals surface area contributed by atoms with E-state index < -0.39 is 5.82 Å². The number of benzene rings is 1. The molecule has 4 heterocycles. The van der Waals surface area contributed by atoms with Gasteiger partial charge in [0.15, 0.2) is 23.2 Å². The van der Waals surface area contributed by atoms with E-state index in [1.165, 1.54) is 7.11 Å². The minimum atomic E-state index is -0.462. The third-order valence-corrected chi connectivity index (χ3v) is 7.19. The second kappa shape index (κ2) is 9.86. The fourth-order valence-corrected chi connectivity index (χ4v) is 5.27. The van der Waals surface area contributed by atoms with Crippen LogP contribution in [0.15, 0.2) is 61.2 Å². The molecule has 1 saturated carbocycles. The zero-order valence-corrected chi connectivity index (χ0v) is 21.2. The average molecular weight is 514 g/mol. The molecule has 0 aliphatic heterocycles. The van der Waals surface area contributed by atoms with Crippen molar-refractivity contribution in [1.29, 1.82) is 0 Å². The molecule has 0 unspecified atom stereocenters. The summed E-state index contributed by atoms with van der Waals surface area (Å²) in [5.74, 6) is 1.60. The van der Waals surface area contributed by atoms with Crippen molar-refractivity contribution >= 4 is 11.3 Å². The molecule has 2 N–H and O–H groups in total. The van der Waals surface area contributed by atoms with E-state index in [4.69, 9.17) is 14.8 Å². The molecular weight excluding hydrogens is 485 g/mol.